The van der Waals surface area contributed by atoms with Gasteiger partial charge in [0.1, 0.15) is 5.82 Å². The summed E-state index contributed by atoms with van der Waals surface area (Å²) in [4.78, 5) is 9.04. The first-order valence-corrected chi connectivity index (χ1v) is 8.32. The topological polar surface area (TPSA) is 49.8 Å². The number of nitrogens with one attached hydrogen (secondary N) is 2. The SMILES string of the molecule is CCNc1nc(Nc2ccc(Cl)cc2Cl)cc(-c2ccccc2)n1. The second-order valence-electron chi connectivity index (χ2n) is 5.11. The molecule has 122 valence electrons. The summed E-state index contributed by atoms with van der Waals surface area (Å²) in [6.45, 7) is 2.74. The highest BCUT2D eigenvalue weighted by Gasteiger charge is 2.08. The average Bonchev–Trinajstić information content (AvgIpc) is 2.58. The van der Waals surface area contributed by atoms with Crippen LogP contribution >= 0.6 is 23.2 Å². The Hall–Kier alpha value is -2.30. The van der Waals surface area contributed by atoms with E-state index in [4.69, 9.17) is 23.2 Å². The monoisotopic (exact) mass is 358 g/mol. The Morgan fingerprint density at radius 1 is 0.958 bits per heavy atom. The minimum Gasteiger partial charge on any atom is -0.354 e. The fourth-order valence-corrected chi connectivity index (χ4v) is 2.69. The third-order valence-corrected chi connectivity index (χ3v) is 3.87. The smallest absolute Gasteiger partial charge is 0.225 e. The van der Waals surface area contributed by atoms with Crippen LogP contribution in [0.3, 0.4) is 0 Å². The van der Waals surface area contributed by atoms with Gasteiger partial charge < -0.3 is 10.6 Å². The molecule has 2 aromatic carbocycles. The van der Waals surface area contributed by atoms with Crippen LogP contribution in [0.2, 0.25) is 10.0 Å². The lowest BCUT2D eigenvalue weighted by molar-refractivity contribution is 1.09. The molecule has 24 heavy (non-hydrogen) atoms. The number of halogens is 2. The zero-order valence-electron chi connectivity index (χ0n) is 13.1. The second-order valence-corrected chi connectivity index (χ2v) is 5.95. The normalized spacial score (nSPS) is 10.5. The summed E-state index contributed by atoms with van der Waals surface area (Å²) in [7, 11) is 0. The second kappa shape index (κ2) is 7.51. The maximum Gasteiger partial charge on any atom is 0.225 e. The molecule has 0 aliphatic carbocycles. The van der Waals surface area contributed by atoms with E-state index in [9.17, 15) is 0 Å². The Kier molecular flexibility index (Phi) is 5.18. The van der Waals surface area contributed by atoms with E-state index in [1.165, 1.54) is 0 Å². The Morgan fingerprint density at radius 2 is 1.75 bits per heavy atom. The first-order valence-electron chi connectivity index (χ1n) is 7.56. The average molecular weight is 359 g/mol. The van der Waals surface area contributed by atoms with Gasteiger partial charge >= 0.3 is 0 Å². The van der Waals surface area contributed by atoms with Gasteiger partial charge in [0.05, 0.1) is 16.4 Å². The quantitative estimate of drug-likeness (QED) is 0.620. The molecular weight excluding hydrogens is 343 g/mol. The molecule has 0 unspecified atom stereocenters. The molecule has 0 aliphatic heterocycles. The third kappa shape index (κ3) is 3.96. The van der Waals surface area contributed by atoms with Gasteiger partial charge in [-0.05, 0) is 25.1 Å². The van der Waals surface area contributed by atoms with Crippen molar-refractivity contribution in [3.05, 3.63) is 64.6 Å². The largest absolute Gasteiger partial charge is 0.354 e. The number of hydrogen-bond acceptors (Lipinski definition) is 4. The lowest BCUT2D eigenvalue weighted by Gasteiger charge is -2.12. The molecule has 0 atom stereocenters. The summed E-state index contributed by atoms with van der Waals surface area (Å²) in [6.07, 6.45) is 0. The Balaban J connectivity index is 1.99. The molecule has 0 saturated heterocycles. The fraction of sp³-hybridized carbons (Fsp3) is 0.111. The summed E-state index contributed by atoms with van der Waals surface area (Å²) in [5, 5.41) is 7.50. The van der Waals surface area contributed by atoms with Crippen LogP contribution in [0.15, 0.2) is 54.6 Å². The van der Waals surface area contributed by atoms with Crippen LogP contribution in [0.4, 0.5) is 17.5 Å². The molecule has 1 heterocycles. The maximum atomic E-state index is 6.23. The Morgan fingerprint density at radius 3 is 2.46 bits per heavy atom. The fourth-order valence-electron chi connectivity index (χ4n) is 2.23. The van der Waals surface area contributed by atoms with E-state index in [0.29, 0.717) is 21.8 Å². The zero-order valence-corrected chi connectivity index (χ0v) is 14.6. The van der Waals surface area contributed by atoms with Gasteiger partial charge in [-0.25, -0.2) is 4.98 Å². The van der Waals surface area contributed by atoms with Crippen LogP contribution in [0.1, 0.15) is 6.92 Å². The predicted molar refractivity (Wildman–Crippen MR) is 101 cm³/mol. The highest BCUT2D eigenvalue weighted by Crippen LogP contribution is 2.29. The summed E-state index contributed by atoms with van der Waals surface area (Å²) in [5.74, 6) is 1.22. The summed E-state index contributed by atoms with van der Waals surface area (Å²) >= 11 is 12.2. The summed E-state index contributed by atoms with van der Waals surface area (Å²) in [5.41, 5.74) is 2.58. The van der Waals surface area contributed by atoms with Crippen molar-refractivity contribution in [1.82, 2.24) is 9.97 Å². The van der Waals surface area contributed by atoms with Gasteiger partial charge in [-0.15, -0.1) is 0 Å². The first-order chi connectivity index (χ1) is 11.7. The van der Waals surface area contributed by atoms with Crippen LogP contribution in [0, 0.1) is 0 Å². The predicted octanol–water partition coefficient (Wildman–Crippen LogP) is 5.63. The number of rotatable bonds is 5. The lowest BCUT2D eigenvalue weighted by Crippen LogP contribution is -2.05. The number of anilines is 3. The molecule has 2 N–H and O–H groups in total. The van der Waals surface area contributed by atoms with Crippen molar-refractivity contribution in [1.29, 1.82) is 0 Å². The van der Waals surface area contributed by atoms with E-state index < -0.39 is 0 Å². The van der Waals surface area contributed by atoms with Gasteiger partial charge in [0.2, 0.25) is 5.95 Å². The Labute approximate surface area is 150 Å². The maximum absolute atomic E-state index is 6.23. The van der Waals surface area contributed by atoms with Crippen molar-refractivity contribution >= 4 is 40.7 Å². The van der Waals surface area contributed by atoms with Crippen molar-refractivity contribution in [2.75, 3.05) is 17.2 Å². The molecule has 0 aliphatic rings. The number of nitrogens with zero attached hydrogens (tertiary/aromatic N) is 2. The molecule has 0 spiro atoms. The van der Waals surface area contributed by atoms with Crippen molar-refractivity contribution in [3.8, 4) is 11.3 Å². The molecule has 0 saturated carbocycles. The first kappa shape index (κ1) is 16.6. The van der Waals surface area contributed by atoms with Gasteiger partial charge in [0, 0.05) is 23.2 Å². The van der Waals surface area contributed by atoms with Crippen molar-refractivity contribution in [2.24, 2.45) is 0 Å². The lowest BCUT2D eigenvalue weighted by atomic mass is 10.1. The van der Waals surface area contributed by atoms with Crippen LogP contribution in [-0.2, 0) is 0 Å². The van der Waals surface area contributed by atoms with Crippen molar-refractivity contribution in [2.45, 2.75) is 6.92 Å². The van der Waals surface area contributed by atoms with Crippen molar-refractivity contribution in [3.63, 3.8) is 0 Å². The number of benzene rings is 2. The van der Waals surface area contributed by atoms with Gasteiger partial charge in [0.25, 0.3) is 0 Å². The molecule has 6 heteroatoms. The van der Waals surface area contributed by atoms with Gasteiger partial charge in [-0.3, -0.25) is 0 Å². The minimum atomic E-state index is 0.535. The van der Waals surface area contributed by atoms with Gasteiger partial charge in [-0.1, -0.05) is 53.5 Å². The van der Waals surface area contributed by atoms with E-state index >= 15 is 0 Å². The summed E-state index contributed by atoms with van der Waals surface area (Å²) in [6, 6.07) is 17.1. The Bertz CT molecular complexity index is 838. The summed E-state index contributed by atoms with van der Waals surface area (Å²) < 4.78 is 0. The third-order valence-electron chi connectivity index (χ3n) is 3.32. The van der Waals surface area contributed by atoms with Crippen molar-refractivity contribution < 1.29 is 0 Å². The highest BCUT2D eigenvalue weighted by atomic mass is 35.5. The highest BCUT2D eigenvalue weighted by molar-refractivity contribution is 6.36. The standard InChI is InChI=1S/C18H16Cl2N4/c1-2-21-18-23-16(12-6-4-3-5-7-12)11-17(24-18)22-15-9-8-13(19)10-14(15)20/h3-11H,2H2,1H3,(H2,21,22,23,24). The van der Waals surface area contributed by atoms with Crippen LogP contribution in [-0.4, -0.2) is 16.5 Å². The van der Waals surface area contributed by atoms with E-state index in [1.807, 2.05) is 49.4 Å². The molecule has 4 nitrogen and oxygen atoms in total. The molecule has 1 aromatic heterocycles. The molecule has 0 fully saturated rings. The van der Waals surface area contributed by atoms with E-state index in [0.717, 1.165) is 23.5 Å². The van der Waals surface area contributed by atoms with Gasteiger partial charge in [-0.2, -0.15) is 4.98 Å². The molecule has 3 rings (SSSR count). The molecule has 3 aromatic rings. The van der Waals surface area contributed by atoms with E-state index in [-0.39, 0.29) is 0 Å². The van der Waals surface area contributed by atoms with Crippen LogP contribution < -0.4 is 10.6 Å². The molecule has 0 bridgehead atoms. The number of aromatic nitrogens is 2. The molecule has 0 radical (unpaired) electrons. The molecule has 0 amide bonds. The molecular formula is C18H16Cl2N4. The minimum absolute atomic E-state index is 0.535. The van der Waals surface area contributed by atoms with Crippen LogP contribution in [0.5, 0.6) is 0 Å². The van der Waals surface area contributed by atoms with E-state index in [1.54, 1.807) is 12.1 Å². The van der Waals surface area contributed by atoms with Gasteiger partial charge in [0.15, 0.2) is 0 Å². The van der Waals surface area contributed by atoms with Crippen LogP contribution in [0.25, 0.3) is 11.3 Å². The zero-order chi connectivity index (χ0) is 16.9. The van der Waals surface area contributed by atoms with E-state index in [2.05, 4.69) is 20.6 Å². The number of hydrogen-bond donors (Lipinski definition) is 2.